The standard InChI is InChI=1S/C23H21ClF2N6/c24-17-5-2-6-18(26)20(17)22-30-19-12-29-23(28-11-14-3-1-4-16(25)9-14)31-21(19)32(22)13-15-7-8-27-10-15/h1-6,9,12,15,27H,7-8,10-11,13H2,(H,28,29,31). The summed E-state index contributed by atoms with van der Waals surface area (Å²) in [7, 11) is 0. The lowest BCUT2D eigenvalue weighted by Crippen LogP contribution is -2.16. The SMILES string of the molecule is Fc1cccc(CNc2ncc3nc(-c4c(F)cccc4Cl)n(CC4CCNC4)c3n2)c1. The Bertz CT molecular complexity index is 1250. The summed E-state index contributed by atoms with van der Waals surface area (Å²) in [5.41, 5.74) is 2.19. The van der Waals surface area contributed by atoms with Crippen LogP contribution in [0.3, 0.4) is 0 Å². The van der Waals surface area contributed by atoms with Gasteiger partial charge in [0.15, 0.2) is 5.65 Å². The zero-order chi connectivity index (χ0) is 22.1. The van der Waals surface area contributed by atoms with Crippen molar-refractivity contribution in [2.75, 3.05) is 18.4 Å². The third kappa shape index (κ3) is 4.16. The van der Waals surface area contributed by atoms with Gasteiger partial charge in [-0.1, -0.05) is 29.8 Å². The van der Waals surface area contributed by atoms with Gasteiger partial charge in [-0.2, -0.15) is 4.98 Å². The molecule has 9 heteroatoms. The summed E-state index contributed by atoms with van der Waals surface area (Å²) in [6, 6.07) is 10.9. The predicted molar refractivity (Wildman–Crippen MR) is 120 cm³/mol. The maximum Gasteiger partial charge on any atom is 0.225 e. The Morgan fingerprint density at radius 3 is 2.81 bits per heavy atom. The first-order valence-electron chi connectivity index (χ1n) is 10.4. The molecule has 2 aromatic carbocycles. The largest absolute Gasteiger partial charge is 0.350 e. The molecule has 6 nitrogen and oxygen atoms in total. The number of hydrogen-bond acceptors (Lipinski definition) is 5. The van der Waals surface area contributed by atoms with Crippen LogP contribution in [0, 0.1) is 17.6 Å². The minimum absolute atomic E-state index is 0.257. The van der Waals surface area contributed by atoms with E-state index in [9.17, 15) is 8.78 Å². The lowest BCUT2D eigenvalue weighted by atomic mass is 10.1. The predicted octanol–water partition coefficient (Wildman–Crippen LogP) is 4.65. The van der Waals surface area contributed by atoms with Gasteiger partial charge in [-0.05, 0) is 55.3 Å². The number of rotatable bonds is 6. The Hall–Kier alpha value is -3.10. The Balaban J connectivity index is 1.54. The molecule has 0 radical (unpaired) electrons. The van der Waals surface area contributed by atoms with Crippen LogP contribution >= 0.6 is 11.6 Å². The molecular formula is C23H21ClF2N6. The molecule has 0 saturated carbocycles. The monoisotopic (exact) mass is 454 g/mol. The molecule has 1 saturated heterocycles. The van der Waals surface area contributed by atoms with Crippen molar-refractivity contribution < 1.29 is 8.78 Å². The zero-order valence-corrected chi connectivity index (χ0v) is 17.9. The fourth-order valence-corrected chi connectivity index (χ4v) is 4.28. The van der Waals surface area contributed by atoms with Crippen molar-refractivity contribution in [2.24, 2.45) is 5.92 Å². The first-order chi connectivity index (χ1) is 15.6. The van der Waals surface area contributed by atoms with Gasteiger partial charge in [0.05, 0.1) is 16.8 Å². The van der Waals surface area contributed by atoms with E-state index in [0.29, 0.717) is 47.0 Å². The second kappa shape index (κ2) is 8.80. The van der Waals surface area contributed by atoms with Crippen LogP contribution in [-0.4, -0.2) is 32.6 Å². The summed E-state index contributed by atoms with van der Waals surface area (Å²) >= 11 is 6.36. The normalized spacial score (nSPS) is 16.0. The van der Waals surface area contributed by atoms with Crippen LogP contribution in [0.2, 0.25) is 5.02 Å². The van der Waals surface area contributed by atoms with Gasteiger partial charge in [0.2, 0.25) is 5.95 Å². The highest BCUT2D eigenvalue weighted by Gasteiger charge is 2.24. The number of fused-ring (bicyclic) bond motifs is 1. The number of hydrogen-bond donors (Lipinski definition) is 2. The Morgan fingerprint density at radius 2 is 2.03 bits per heavy atom. The van der Waals surface area contributed by atoms with Crippen molar-refractivity contribution in [1.29, 1.82) is 0 Å². The van der Waals surface area contributed by atoms with Crippen molar-refractivity contribution in [3.63, 3.8) is 0 Å². The van der Waals surface area contributed by atoms with E-state index in [4.69, 9.17) is 11.6 Å². The third-order valence-corrected chi connectivity index (χ3v) is 5.93. The highest BCUT2D eigenvalue weighted by Crippen LogP contribution is 2.33. The van der Waals surface area contributed by atoms with Gasteiger partial charge in [0.1, 0.15) is 23.0 Å². The lowest BCUT2D eigenvalue weighted by Gasteiger charge is -2.14. The molecule has 0 spiro atoms. The highest BCUT2D eigenvalue weighted by molar-refractivity contribution is 6.33. The van der Waals surface area contributed by atoms with Gasteiger partial charge < -0.3 is 15.2 Å². The summed E-state index contributed by atoms with van der Waals surface area (Å²) in [5, 5.41) is 6.79. The van der Waals surface area contributed by atoms with Gasteiger partial charge in [0, 0.05) is 13.1 Å². The second-order valence-electron chi connectivity index (χ2n) is 7.89. The molecule has 4 aromatic rings. The molecular weight excluding hydrogens is 434 g/mol. The van der Waals surface area contributed by atoms with Gasteiger partial charge >= 0.3 is 0 Å². The summed E-state index contributed by atoms with van der Waals surface area (Å²) in [5.74, 6) is 0.465. The molecule has 0 amide bonds. The number of anilines is 1. The zero-order valence-electron chi connectivity index (χ0n) is 17.2. The van der Waals surface area contributed by atoms with Crippen LogP contribution in [-0.2, 0) is 13.1 Å². The van der Waals surface area contributed by atoms with Crippen molar-refractivity contribution in [2.45, 2.75) is 19.5 Å². The quantitative estimate of drug-likeness (QED) is 0.444. The van der Waals surface area contributed by atoms with Crippen LogP contribution < -0.4 is 10.6 Å². The summed E-state index contributed by atoms with van der Waals surface area (Å²) in [6.45, 7) is 2.82. The smallest absolute Gasteiger partial charge is 0.225 e. The number of benzene rings is 2. The van der Waals surface area contributed by atoms with Crippen LogP contribution in [0.1, 0.15) is 12.0 Å². The summed E-state index contributed by atoms with van der Waals surface area (Å²) < 4.78 is 30.1. The minimum Gasteiger partial charge on any atom is -0.350 e. The first kappa shape index (κ1) is 20.8. The number of imidazole rings is 1. The van der Waals surface area contributed by atoms with Gasteiger partial charge in [-0.15, -0.1) is 0 Å². The van der Waals surface area contributed by atoms with Crippen molar-refractivity contribution in [3.05, 3.63) is 70.9 Å². The highest BCUT2D eigenvalue weighted by atomic mass is 35.5. The molecule has 2 N–H and O–H groups in total. The molecule has 1 fully saturated rings. The maximum atomic E-state index is 14.7. The summed E-state index contributed by atoms with van der Waals surface area (Å²) in [4.78, 5) is 13.6. The Morgan fingerprint density at radius 1 is 1.16 bits per heavy atom. The van der Waals surface area contributed by atoms with Crippen LogP contribution in [0.15, 0.2) is 48.7 Å². The van der Waals surface area contributed by atoms with Crippen molar-refractivity contribution >= 4 is 28.7 Å². The van der Waals surface area contributed by atoms with Gasteiger partial charge in [-0.3, -0.25) is 0 Å². The topological polar surface area (TPSA) is 67.7 Å². The number of nitrogens with zero attached hydrogens (tertiary/aromatic N) is 4. The van der Waals surface area contributed by atoms with E-state index < -0.39 is 5.82 Å². The molecule has 1 unspecified atom stereocenters. The lowest BCUT2D eigenvalue weighted by molar-refractivity contribution is 0.489. The van der Waals surface area contributed by atoms with Crippen LogP contribution in [0.4, 0.5) is 14.7 Å². The van der Waals surface area contributed by atoms with E-state index in [1.165, 1.54) is 18.2 Å². The van der Waals surface area contributed by atoms with Crippen LogP contribution in [0.25, 0.3) is 22.6 Å². The number of aromatic nitrogens is 4. The third-order valence-electron chi connectivity index (χ3n) is 5.62. The van der Waals surface area contributed by atoms with Gasteiger partial charge in [-0.25, -0.2) is 18.7 Å². The van der Waals surface area contributed by atoms with Crippen molar-refractivity contribution in [3.8, 4) is 11.4 Å². The summed E-state index contributed by atoms with van der Waals surface area (Å²) in [6.07, 6.45) is 2.62. The van der Waals surface area contributed by atoms with E-state index in [2.05, 4.69) is 25.6 Å². The maximum absolute atomic E-state index is 14.7. The molecule has 164 valence electrons. The molecule has 1 aliphatic rings. The molecule has 1 atom stereocenters. The molecule has 3 heterocycles. The molecule has 0 bridgehead atoms. The first-order valence-corrected chi connectivity index (χ1v) is 10.8. The molecule has 5 rings (SSSR count). The average molecular weight is 455 g/mol. The number of nitrogens with one attached hydrogen (secondary N) is 2. The van der Waals surface area contributed by atoms with Crippen LogP contribution in [0.5, 0.6) is 0 Å². The van der Waals surface area contributed by atoms with E-state index in [0.717, 1.165) is 25.1 Å². The van der Waals surface area contributed by atoms with E-state index in [1.807, 2.05) is 10.6 Å². The van der Waals surface area contributed by atoms with E-state index in [-0.39, 0.29) is 11.4 Å². The Kier molecular flexibility index (Phi) is 5.71. The average Bonchev–Trinajstić information content (AvgIpc) is 3.41. The molecule has 0 aliphatic carbocycles. The van der Waals surface area contributed by atoms with Gasteiger partial charge in [0.25, 0.3) is 0 Å². The fourth-order valence-electron chi connectivity index (χ4n) is 4.04. The molecule has 2 aromatic heterocycles. The number of halogens is 3. The van der Waals surface area contributed by atoms with Crippen molar-refractivity contribution in [1.82, 2.24) is 24.8 Å². The van der Waals surface area contributed by atoms with E-state index >= 15 is 0 Å². The second-order valence-corrected chi connectivity index (χ2v) is 8.29. The van der Waals surface area contributed by atoms with E-state index in [1.54, 1.807) is 24.4 Å². The fraction of sp³-hybridized carbons (Fsp3) is 0.261. The minimum atomic E-state index is -0.434. The Labute approximate surface area is 188 Å². The molecule has 32 heavy (non-hydrogen) atoms. The molecule has 1 aliphatic heterocycles.